The zero-order valence-electron chi connectivity index (χ0n) is 9.64. The molecule has 18 heavy (non-hydrogen) atoms. The first-order chi connectivity index (χ1) is 8.58. The van der Waals surface area contributed by atoms with Crippen LogP contribution in [0, 0.1) is 18.3 Å². The van der Waals surface area contributed by atoms with Crippen LogP contribution in [0.4, 0.5) is 0 Å². The molecule has 0 aliphatic carbocycles. The Morgan fingerprint density at radius 3 is 2.61 bits per heavy atom. The van der Waals surface area contributed by atoms with Gasteiger partial charge >= 0.3 is 0 Å². The molecule has 0 heterocycles. The first-order valence-corrected chi connectivity index (χ1v) is 6.06. The van der Waals surface area contributed by atoms with Crippen LogP contribution in [0.1, 0.15) is 11.1 Å². The number of halogens is 1. The van der Waals surface area contributed by atoms with E-state index in [1.54, 1.807) is 24.3 Å². The standard InChI is InChI=1S/C14H10BrNO2/c1-9-4-11(17)7-12(5-9)18-14-3-2-10(8-16)6-13(14)15/h2-7,17H,1H3. The minimum atomic E-state index is 0.162. The van der Waals surface area contributed by atoms with Crippen molar-refractivity contribution in [2.45, 2.75) is 6.92 Å². The van der Waals surface area contributed by atoms with Gasteiger partial charge in [-0.2, -0.15) is 5.26 Å². The van der Waals surface area contributed by atoms with E-state index in [-0.39, 0.29) is 5.75 Å². The van der Waals surface area contributed by atoms with Crippen LogP contribution in [0.5, 0.6) is 17.2 Å². The highest BCUT2D eigenvalue weighted by Gasteiger charge is 2.05. The summed E-state index contributed by atoms with van der Waals surface area (Å²) >= 11 is 3.34. The van der Waals surface area contributed by atoms with E-state index in [1.165, 1.54) is 6.07 Å². The van der Waals surface area contributed by atoms with Gasteiger partial charge in [0, 0.05) is 6.07 Å². The number of nitrogens with zero attached hydrogens (tertiary/aromatic N) is 1. The summed E-state index contributed by atoms with van der Waals surface area (Å²) in [6, 6.07) is 12.1. The molecule has 2 aromatic carbocycles. The molecule has 0 aliphatic heterocycles. The molecule has 0 spiro atoms. The van der Waals surface area contributed by atoms with E-state index in [0.717, 1.165) is 5.56 Å². The number of aryl methyl sites for hydroxylation is 1. The van der Waals surface area contributed by atoms with Crippen LogP contribution in [0.25, 0.3) is 0 Å². The van der Waals surface area contributed by atoms with Gasteiger partial charge in [0.05, 0.1) is 16.1 Å². The lowest BCUT2D eigenvalue weighted by atomic mass is 10.2. The summed E-state index contributed by atoms with van der Waals surface area (Å²) in [5.74, 6) is 1.31. The van der Waals surface area contributed by atoms with Gasteiger partial charge in [-0.15, -0.1) is 0 Å². The Morgan fingerprint density at radius 1 is 1.22 bits per heavy atom. The van der Waals surface area contributed by atoms with Crippen molar-refractivity contribution >= 4 is 15.9 Å². The average Bonchev–Trinajstić information content (AvgIpc) is 2.30. The van der Waals surface area contributed by atoms with Crippen LogP contribution in [-0.2, 0) is 0 Å². The average molecular weight is 304 g/mol. The number of phenols is 1. The number of ether oxygens (including phenoxy) is 1. The van der Waals surface area contributed by atoms with Crippen LogP contribution in [-0.4, -0.2) is 5.11 Å². The zero-order valence-corrected chi connectivity index (χ0v) is 11.2. The number of benzene rings is 2. The largest absolute Gasteiger partial charge is 0.508 e. The summed E-state index contributed by atoms with van der Waals surface area (Å²) in [5.41, 5.74) is 1.47. The first kappa shape index (κ1) is 12.5. The molecule has 0 saturated heterocycles. The lowest BCUT2D eigenvalue weighted by Crippen LogP contribution is -1.87. The first-order valence-electron chi connectivity index (χ1n) is 5.26. The zero-order chi connectivity index (χ0) is 13.1. The van der Waals surface area contributed by atoms with E-state index >= 15 is 0 Å². The number of nitriles is 1. The van der Waals surface area contributed by atoms with Gasteiger partial charge in [-0.3, -0.25) is 0 Å². The minimum absolute atomic E-state index is 0.162. The lowest BCUT2D eigenvalue weighted by Gasteiger charge is -2.09. The number of aromatic hydroxyl groups is 1. The molecular weight excluding hydrogens is 294 g/mol. The van der Waals surface area contributed by atoms with Gasteiger partial charge in [-0.25, -0.2) is 0 Å². The maximum atomic E-state index is 9.49. The van der Waals surface area contributed by atoms with Crippen molar-refractivity contribution in [3.8, 4) is 23.3 Å². The smallest absolute Gasteiger partial charge is 0.141 e. The van der Waals surface area contributed by atoms with Crippen molar-refractivity contribution in [2.75, 3.05) is 0 Å². The molecule has 0 radical (unpaired) electrons. The fourth-order valence-electron chi connectivity index (χ4n) is 1.57. The maximum absolute atomic E-state index is 9.49. The van der Waals surface area contributed by atoms with Crippen molar-refractivity contribution in [1.82, 2.24) is 0 Å². The number of phenolic OH excluding ortho intramolecular Hbond substituents is 1. The molecule has 90 valence electrons. The molecule has 0 atom stereocenters. The summed E-state index contributed by atoms with van der Waals surface area (Å²) in [4.78, 5) is 0. The Kier molecular flexibility index (Phi) is 3.54. The predicted molar refractivity (Wildman–Crippen MR) is 71.8 cm³/mol. The van der Waals surface area contributed by atoms with Gasteiger partial charge in [0.2, 0.25) is 0 Å². The molecule has 0 saturated carbocycles. The Morgan fingerprint density at radius 2 is 2.00 bits per heavy atom. The fourth-order valence-corrected chi connectivity index (χ4v) is 2.03. The molecule has 0 fully saturated rings. The molecule has 4 heteroatoms. The van der Waals surface area contributed by atoms with Gasteiger partial charge < -0.3 is 9.84 Å². The summed E-state index contributed by atoms with van der Waals surface area (Å²) in [6.45, 7) is 1.88. The highest BCUT2D eigenvalue weighted by atomic mass is 79.9. The van der Waals surface area contributed by atoms with Crippen LogP contribution in [0.15, 0.2) is 40.9 Å². The Hall–Kier alpha value is -1.99. The Labute approximate surface area is 113 Å². The molecule has 0 aromatic heterocycles. The number of hydrogen-bond donors (Lipinski definition) is 1. The molecule has 2 aromatic rings. The summed E-state index contributed by atoms with van der Waals surface area (Å²) in [6.07, 6.45) is 0. The van der Waals surface area contributed by atoms with Gasteiger partial charge in [-0.1, -0.05) is 0 Å². The van der Waals surface area contributed by atoms with Crippen molar-refractivity contribution in [1.29, 1.82) is 5.26 Å². The molecule has 0 aliphatic rings. The van der Waals surface area contributed by atoms with E-state index in [9.17, 15) is 5.11 Å². The maximum Gasteiger partial charge on any atom is 0.141 e. The van der Waals surface area contributed by atoms with Gasteiger partial charge in [0.1, 0.15) is 17.2 Å². The van der Waals surface area contributed by atoms with E-state index in [0.29, 0.717) is 21.5 Å². The number of hydrogen-bond acceptors (Lipinski definition) is 3. The third-order valence-corrected chi connectivity index (χ3v) is 2.94. The minimum Gasteiger partial charge on any atom is -0.508 e. The van der Waals surface area contributed by atoms with Gasteiger partial charge in [0.25, 0.3) is 0 Å². The topological polar surface area (TPSA) is 53.2 Å². The van der Waals surface area contributed by atoms with E-state index < -0.39 is 0 Å². The summed E-state index contributed by atoms with van der Waals surface area (Å²) in [7, 11) is 0. The normalized spacial score (nSPS) is 9.83. The van der Waals surface area contributed by atoms with Crippen LogP contribution >= 0.6 is 15.9 Å². The SMILES string of the molecule is Cc1cc(O)cc(Oc2ccc(C#N)cc2Br)c1. The summed E-state index contributed by atoms with van der Waals surface area (Å²) < 4.78 is 6.35. The van der Waals surface area contributed by atoms with E-state index in [1.807, 2.05) is 13.0 Å². The van der Waals surface area contributed by atoms with Crippen LogP contribution in [0.2, 0.25) is 0 Å². The molecular formula is C14H10BrNO2. The molecule has 0 amide bonds. The molecule has 1 N–H and O–H groups in total. The third-order valence-electron chi connectivity index (χ3n) is 2.32. The van der Waals surface area contributed by atoms with Gasteiger partial charge in [0.15, 0.2) is 0 Å². The Bertz CT molecular complexity index is 612. The van der Waals surface area contributed by atoms with Gasteiger partial charge in [-0.05, 0) is 58.7 Å². The van der Waals surface area contributed by atoms with E-state index in [4.69, 9.17) is 10.00 Å². The molecule has 2 rings (SSSR count). The lowest BCUT2D eigenvalue weighted by molar-refractivity contribution is 0.453. The predicted octanol–water partition coefficient (Wildman–Crippen LogP) is 4.13. The highest BCUT2D eigenvalue weighted by Crippen LogP contribution is 2.32. The van der Waals surface area contributed by atoms with E-state index in [2.05, 4.69) is 22.0 Å². The quantitative estimate of drug-likeness (QED) is 0.907. The summed E-state index contributed by atoms with van der Waals surface area (Å²) in [5, 5.41) is 18.3. The highest BCUT2D eigenvalue weighted by molar-refractivity contribution is 9.10. The number of rotatable bonds is 2. The third kappa shape index (κ3) is 2.82. The van der Waals surface area contributed by atoms with Crippen molar-refractivity contribution in [3.05, 3.63) is 52.0 Å². The molecule has 3 nitrogen and oxygen atoms in total. The second-order valence-electron chi connectivity index (χ2n) is 3.86. The van der Waals surface area contributed by atoms with Crippen LogP contribution < -0.4 is 4.74 Å². The molecule has 0 unspecified atom stereocenters. The second-order valence-corrected chi connectivity index (χ2v) is 4.72. The Balaban J connectivity index is 2.31. The van der Waals surface area contributed by atoms with Crippen molar-refractivity contribution < 1.29 is 9.84 Å². The van der Waals surface area contributed by atoms with Crippen LogP contribution in [0.3, 0.4) is 0 Å². The van der Waals surface area contributed by atoms with Crippen molar-refractivity contribution in [3.63, 3.8) is 0 Å². The fraction of sp³-hybridized carbons (Fsp3) is 0.0714. The monoisotopic (exact) mass is 303 g/mol. The molecule has 0 bridgehead atoms. The second kappa shape index (κ2) is 5.11. The van der Waals surface area contributed by atoms with Crippen molar-refractivity contribution in [2.24, 2.45) is 0 Å².